The van der Waals surface area contributed by atoms with Gasteiger partial charge < -0.3 is 4.74 Å². The molecule has 0 amide bonds. The smallest absolute Gasteiger partial charge is 0.0513 e. The number of benzene rings is 1. The molecule has 1 heteroatoms. The molecule has 1 nitrogen and oxygen atoms in total. The third-order valence-corrected chi connectivity index (χ3v) is 3.19. The largest absolute Gasteiger partial charge is 0.384 e. The summed E-state index contributed by atoms with van der Waals surface area (Å²) >= 11 is 0. The molecule has 0 saturated heterocycles. The highest BCUT2D eigenvalue weighted by atomic mass is 16.5. The molecule has 0 atom stereocenters. The highest BCUT2D eigenvalue weighted by Crippen LogP contribution is 2.23. The number of aryl methyl sites for hydroxylation is 2. The molecular weight excluding hydrogens is 256 g/mol. The first-order valence-corrected chi connectivity index (χ1v) is 8.58. The Morgan fingerprint density at radius 3 is 2.14 bits per heavy atom. The van der Waals surface area contributed by atoms with E-state index in [1.54, 1.807) is 7.11 Å². The lowest BCUT2D eigenvalue weighted by molar-refractivity contribution is 0.0963. The molecule has 0 heterocycles. The molecule has 21 heavy (non-hydrogen) atoms. The number of hydrogen-bond donors (Lipinski definition) is 0. The van der Waals surface area contributed by atoms with Crippen LogP contribution in [0.25, 0.3) is 0 Å². The molecule has 0 aliphatic carbocycles. The molecule has 0 fully saturated rings. The topological polar surface area (TPSA) is 9.23 Å². The van der Waals surface area contributed by atoms with Gasteiger partial charge in [0.1, 0.15) is 0 Å². The predicted molar refractivity (Wildman–Crippen MR) is 97.1 cm³/mol. The van der Waals surface area contributed by atoms with Crippen molar-refractivity contribution in [2.24, 2.45) is 5.41 Å². The minimum Gasteiger partial charge on any atom is -0.384 e. The van der Waals surface area contributed by atoms with Gasteiger partial charge in [-0.2, -0.15) is 0 Å². The molecule has 0 radical (unpaired) electrons. The van der Waals surface area contributed by atoms with Crippen LogP contribution in [0.2, 0.25) is 0 Å². The molecule has 124 valence electrons. The summed E-state index contributed by atoms with van der Waals surface area (Å²) in [6, 6.07) is 8.83. The lowest BCUT2D eigenvalue weighted by atomic mass is 9.87. The van der Waals surface area contributed by atoms with Crippen molar-refractivity contribution in [1.29, 1.82) is 0 Å². The van der Waals surface area contributed by atoms with E-state index in [2.05, 4.69) is 45.0 Å². The first-order chi connectivity index (χ1) is 10.0. The van der Waals surface area contributed by atoms with E-state index < -0.39 is 0 Å². The van der Waals surface area contributed by atoms with Gasteiger partial charge in [0.15, 0.2) is 0 Å². The lowest BCUT2D eigenvalue weighted by Crippen LogP contribution is -2.18. The maximum Gasteiger partial charge on any atom is 0.0513 e. The van der Waals surface area contributed by atoms with E-state index in [-0.39, 0.29) is 0 Å². The van der Waals surface area contributed by atoms with E-state index in [1.165, 1.54) is 36.8 Å². The number of ether oxygens (including phenoxy) is 1. The molecule has 0 aliphatic heterocycles. The van der Waals surface area contributed by atoms with Gasteiger partial charge in [0.2, 0.25) is 0 Å². The average Bonchev–Trinajstić information content (AvgIpc) is 2.48. The van der Waals surface area contributed by atoms with Crippen LogP contribution in [0.4, 0.5) is 0 Å². The first kappa shape index (κ1) is 22.5. The predicted octanol–water partition coefficient (Wildman–Crippen LogP) is 6.43. The van der Waals surface area contributed by atoms with Crippen molar-refractivity contribution in [1.82, 2.24) is 0 Å². The van der Waals surface area contributed by atoms with Gasteiger partial charge >= 0.3 is 0 Å². The van der Waals surface area contributed by atoms with Crippen LogP contribution in [-0.4, -0.2) is 13.7 Å². The van der Waals surface area contributed by atoms with Crippen molar-refractivity contribution < 1.29 is 4.74 Å². The summed E-state index contributed by atoms with van der Waals surface area (Å²) in [4.78, 5) is 0. The molecule has 0 unspecified atom stereocenters. The zero-order chi connectivity index (χ0) is 16.7. The van der Waals surface area contributed by atoms with E-state index in [1.807, 2.05) is 27.7 Å². The summed E-state index contributed by atoms with van der Waals surface area (Å²) in [6.07, 6.45) is 5.00. The zero-order valence-electron chi connectivity index (χ0n) is 15.8. The Kier molecular flexibility index (Phi) is 15.1. The second-order valence-corrected chi connectivity index (χ2v) is 5.79. The molecule has 1 aromatic rings. The quantitative estimate of drug-likeness (QED) is 0.526. The maximum absolute atomic E-state index is 5.24. The van der Waals surface area contributed by atoms with Gasteiger partial charge in [-0.15, -0.1) is 0 Å². The minimum absolute atomic E-state index is 0.321. The molecule has 0 spiro atoms. The standard InChI is InChI=1S/C16H26O.2C2H6/c1-14-8-7-10-15(12-14)9-5-6-11-16(2,3)13-17-4;2*1-2/h7-8,10,12H,5-6,9,11,13H2,1-4H3;2*1-2H3. The Morgan fingerprint density at radius 1 is 1.00 bits per heavy atom. The normalized spacial score (nSPS) is 10.1. The van der Waals surface area contributed by atoms with Crippen molar-refractivity contribution >= 4 is 0 Å². The van der Waals surface area contributed by atoms with Crippen LogP contribution in [0.15, 0.2) is 24.3 Å². The van der Waals surface area contributed by atoms with Gasteiger partial charge in [-0.3, -0.25) is 0 Å². The Hall–Kier alpha value is -0.820. The fraction of sp³-hybridized carbons (Fsp3) is 0.700. The van der Waals surface area contributed by atoms with Crippen LogP contribution in [0.3, 0.4) is 0 Å². The molecule has 1 rings (SSSR count). The summed E-state index contributed by atoms with van der Waals surface area (Å²) in [5.74, 6) is 0. The fourth-order valence-electron chi connectivity index (χ4n) is 2.26. The molecule has 0 N–H and O–H groups in total. The molecule has 0 aliphatic rings. The van der Waals surface area contributed by atoms with Gasteiger partial charge in [0, 0.05) is 7.11 Å². The summed E-state index contributed by atoms with van der Waals surface area (Å²) < 4.78 is 5.24. The van der Waals surface area contributed by atoms with Crippen molar-refractivity contribution in [3.63, 3.8) is 0 Å². The molecule has 1 aromatic carbocycles. The Morgan fingerprint density at radius 2 is 1.62 bits per heavy atom. The number of rotatable bonds is 7. The Balaban J connectivity index is 0. The van der Waals surface area contributed by atoms with Crippen LogP contribution in [-0.2, 0) is 11.2 Å². The fourth-order valence-corrected chi connectivity index (χ4v) is 2.26. The van der Waals surface area contributed by atoms with E-state index in [0.29, 0.717) is 5.41 Å². The van der Waals surface area contributed by atoms with Crippen molar-refractivity contribution in [3.05, 3.63) is 35.4 Å². The van der Waals surface area contributed by atoms with E-state index in [0.717, 1.165) is 6.61 Å². The Bertz CT molecular complexity index is 328. The Labute approximate surface area is 134 Å². The van der Waals surface area contributed by atoms with Crippen LogP contribution in [0.1, 0.15) is 71.9 Å². The van der Waals surface area contributed by atoms with Crippen LogP contribution in [0.5, 0.6) is 0 Å². The third kappa shape index (κ3) is 12.6. The zero-order valence-corrected chi connectivity index (χ0v) is 15.8. The second kappa shape index (κ2) is 14.1. The monoisotopic (exact) mass is 294 g/mol. The SMILES string of the molecule is CC.CC.COCC(C)(C)CCCCc1cccc(C)c1. The summed E-state index contributed by atoms with van der Waals surface area (Å²) in [5.41, 5.74) is 3.15. The van der Waals surface area contributed by atoms with E-state index in [4.69, 9.17) is 4.74 Å². The molecule has 0 bridgehead atoms. The van der Waals surface area contributed by atoms with Crippen molar-refractivity contribution in [2.45, 2.75) is 74.1 Å². The van der Waals surface area contributed by atoms with E-state index in [9.17, 15) is 0 Å². The molecular formula is C20H38O. The summed E-state index contributed by atoms with van der Waals surface area (Å²) in [6.45, 7) is 15.6. The first-order valence-electron chi connectivity index (χ1n) is 8.58. The minimum atomic E-state index is 0.321. The average molecular weight is 295 g/mol. The molecule has 0 aromatic heterocycles. The van der Waals surface area contributed by atoms with Gasteiger partial charge in [0.25, 0.3) is 0 Å². The summed E-state index contributed by atoms with van der Waals surface area (Å²) in [5, 5.41) is 0. The second-order valence-electron chi connectivity index (χ2n) is 5.79. The van der Waals surface area contributed by atoms with Crippen LogP contribution < -0.4 is 0 Å². The van der Waals surface area contributed by atoms with Crippen molar-refractivity contribution in [3.8, 4) is 0 Å². The van der Waals surface area contributed by atoms with Gasteiger partial charge in [0.05, 0.1) is 6.61 Å². The number of hydrogen-bond acceptors (Lipinski definition) is 1. The third-order valence-electron chi connectivity index (χ3n) is 3.19. The lowest BCUT2D eigenvalue weighted by Gasteiger charge is -2.23. The van der Waals surface area contributed by atoms with Crippen molar-refractivity contribution in [2.75, 3.05) is 13.7 Å². The van der Waals surface area contributed by atoms with Gasteiger partial charge in [-0.1, -0.05) is 77.8 Å². The number of unbranched alkanes of at least 4 members (excludes halogenated alkanes) is 1. The van der Waals surface area contributed by atoms with Gasteiger partial charge in [-0.25, -0.2) is 0 Å². The maximum atomic E-state index is 5.24. The van der Waals surface area contributed by atoms with Crippen LogP contribution >= 0.6 is 0 Å². The highest BCUT2D eigenvalue weighted by Gasteiger charge is 2.16. The highest BCUT2D eigenvalue weighted by molar-refractivity contribution is 5.22. The van der Waals surface area contributed by atoms with Crippen LogP contribution in [0, 0.1) is 12.3 Å². The summed E-state index contributed by atoms with van der Waals surface area (Å²) in [7, 11) is 1.79. The molecule has 0 saturated carbocycles. The van der Waals surface area contributed by atoms with E-state index >= 15 is 0 Å². The van der Waals surface area contributed by atoms with Gasteiger partial charge in [-0.05, 0) is 37.2 Å². The number of methoxy groups -OCH3 is 1.